The molecule has 0 saturated heterocycles. The van der Waals surface area contributed by atoms with Gasteiger partial charge in [-0.1, -0.05) is 12.1 Å². The molecule has 1 aromatic carbocycles. The van der Waals surface area contributed by atoms with Crippen LogP contribution in [0.3, 0.4) is 0 Å². The average Bonchev–Trinajstić information content (AvgIpc) is 2.33. The Bertz CT molecular complexity index is 471. The third-order valence-electron chi connectivity index (χ3n) is 2.27. The molecule has 2 rings (SSSR count). The van der Waals surface area contributed by atoms with Crippen molar-refractivity contribution in [3.63, 3.8) is 0 Å². The second-order valence-electron chi connectivity index (χ2n) is 3.52. The lowest BCUT2D eigenvalue weighted by Gasteiger charge is -2.09. The smallest absolute Gasteiger partial charge is 0.145 e. The Morgan fingerprint density at radius 1 is 1.31 bits per heavy atom. The number of halogens is 1. The number of aromatic nitrogens is 1. The zero-order chi connectivity index (χ0) is 11.4. The third kappa shape index (κ3) is 2.52. The van der Waals surface area contributed by atoms with Crippen molar-refractivity contribution in [1.82, 2.24) is 4.98 Å². The number of aryl methyl sites for hydroxylation is 1. The van der Waals surface area contributed by atoms with Crippen LogP contribution in [0, 0.1) is 6.92 Å². The van der Waals surface area contributed by atoms with Gasteiger partial charge in [-0.15, -0.1) is 11.6 Å². The van der Waals surface area contributed by atoms with E-state index in [4.69, 9.17) is 16.3 Å². The largest absolute Gasteiger partial charge is 0.455 e. The molecular formula is C13H12ClNO. The van der Waals surface area contributed by atoms with E-state index in [1.165, 1.54) is 0 Å². The van der Waals surface area contributed by atoms with E-state index in [0.717, 1.165) is 22.6 Å². The highest BCUT2D eigenvalue weighted by atomic mass is 35.5. The highest BCUT2D eigenvalue weighted by Gasteiger charge is 2.02. The van der Waals surface area contributed by atoms with Gasteiger partial charge in [0, 0.05) is 12.1 Å². The maximum Gasteiger partial charge on any atom is 0.145 e. The molecule has 0 bridgehead atoms. The fraction of sp³-hybridized carbons (Fsp3) is 0.154. The summed E-state index contributed by atoms with van der Waals surface area (Å²) in [5, 5.41) is 0. The van der Waals surface area contributed by atoms with Crippen molar-refractivity contribution in [3.8, 4) is 11.5 Å². The summed E-state index contributed by atoms with van der Waals surface area (Å²) in [6.07, 6.45) is 3.40. The number of hydrogen-bond acceptors (Lipinski definition) is 2. The average molecular weight is 234 g/mol. The van der Waals surface area contributed by atoms with Gasteiger partial charge in [0.1, 0.15) is 11.5 Å². The summed E-state index contributed by atoms with van der Waals surface area (Å²) in [6.45, 7) is 2.00. The van der Waals surface area contributed by atoms with Crippen LogP contribution in [0.1, 0.15) is 11.1 Å². The van der Waals surface area contributed by atoms with Gasteiger partial charge in [-0.2, -0.15) is 0 Å². The molecule has 0 unspecified atom stereocenters. The summed E-state index contributed by atoms with van der Waals surface area (Å²) in [6, 6.07) is 9.67. The molecule has 0 aliphatic heterocycles. The van der Waals surface area contributed by atoms with Gasteiger partial charge in [0.25, 0.3) is 0 Å². The first-order valence-electron chi connectivity index (χ1n) is 5.03. The summed E-state index contributed by atoms with van der Waals surface area (Å²) >= 11 is 5.79. The fourth-order valence-electron chi connectivity index (χ4n) is 1.37. The second-order valence-corrected chi connectivity index (χ2v) is 3.79. The lowest BCUT2D eigenvalue weighted by molar-refractivity contribution is 0.476. The first-order valence-corrected chi connectivity index (χ1v) is 5.56. The molecule has 2 aromatic rings. The molecule has 0 spiro atoms. The third-order valence-corrected chi connectivity index (χ3v) is 2.58. The Morgan fingerprint density at radius 2 is 2.19 bits per heavy atom. The lowest BCUT2D eigenvalue weighted by Crippen LogP contribution is -1.89. The zero-order valence-electron chi connectivity index (χ0n) is 8.98. The predicted octanol–water partition coefficient (Wildman–Crippen LogP) is 3.92. The molecule has 3 heteroatoms. The van der Waals surface area contributed by atoms with Crippen LogP contribution in [0.25, 0.3) is 0 Å². The van der Waals surface area contributed by atoms with Gasteiger partial charge in [0.05, 0.1) is 6.20 Å². The Balaban J connectivity index is 2.27. The molecule has 2 nitrogen and oxygen atoms in total. The number of hydrogen-bond donors (Lipinski definition) is 0. The summed E-state index contributed by atoms with van der Waals surface area (Å²) in [7, 11) is 0. The molecule has 0 N–H and O–H groups in total. The zero-order valence-corrected chi connectivity index (χ0v) is 9.74. The van der Waals surface area contributed by atoms with Crippen molar-refractivity contribution in [2.45, 2.75) is 12.8 Å². The quantitative estimate of drug-likeness (QED) is 0.750. The van der Waals surface area contributed by atoms with Crippen LogP contribution in [0.4, 0.5) is 0 Å². The monoisotopic (exact) mass is 233 g/mol. The normalized spacial score (nSPS) is 10.1. The molecule has 1 aromatic heterocycles. The molecule has 82 valence electrons. The van der Waals surface area contributed by atoms with Crippen molar-refractivity contribution in [2.75, 3.05) is 0 Å². The number of alkyl halides is 1. The van der Waals surface area contributed by atoms with E-state index < -0.39 is 0 Å². The molecule has 16 heavy (non-hydrogen) atoms. The van der Waals surface area contributed by atoms with E-state index in [-0.39, 0.29) is 0 Å². The second kappa shape index (κ2) is 4.99. The van der Waals surface area contributed by atoms with Crippen LogP contribution in [0.2, 0.25) is 0 Å². The van der Waals surface area contributed by atoms with E-state index in [1.807, 2.05) is 37.3 Å². The molecular weight excluding hydrogens is 222 g/mol. The molecule has 0 atom stereocenters. The van der Waals surface area contributed by atoms with Gasteiger partial charge in [0.2, 0.25) is 0 Å². The highest BCUT2D eigenvalue weighted by Crippen LogP contribution is 2.25. The minimum Gasteiger partial charge on any atom is -0.455 e. The van der Waals surface area contributed by atoms with Crippen LogP contribution in [0.5, 0.6) is 11.5 Å². The topological polar surface area (TPSA) is 22.1 Å². The first-order chi connectivity index (χ1) is 7.79. The molecule has 0 aliphatic carbocycles. The first kappa shape index (κ1) is 11.0. The van der Waals surface area contributed by atoms with Crippen LogP contribution < -0.4 is 4.74 Å². The van der Waals surface area contributed by atoms with Crippen molar-refractivity contribution >= 4 is 11.6 Å². The summed E-state index contributed by atoms with van der Waals surface area (Å²) in [5.74, 6) is 2.05. The predicted molar refractivity (Wildman–Crippen MR) is 65.0 cm³/mol. The summed E-state index contributed by atoms with van der Waals surface area (Å²) in [4.78, 5) is 4.00. The summed E-state index contributed by atoms with van der Waals surface area (Å²) in [5.41, 5.74) is 2.13. The SMILES string of the molecule is Cc1ccc(CCl)cc1Oc1cccnc1. The highest BCUT2D eigenvalue weighted by molar-refractivity contribution is 6.17. The Morgan fingerprint density at radius 3 is 2.88 bits per heavy atom. The maximum atomic E-state index is 5.79. The Labute approximate surface area is 99.9 Å². The fourth-order valence-corrected chi connectivity index (χ4v) is 1.54. The number of ether oxygens (including phenoxy) is 1. The maximum absolute atomic E-state index is 5.79. The molecule has 0 saturated carbocycles. The lowest BCUT2D eigenvalue weighted by atomic mass is 10.1. The Hall–Kier alpha value is -1.54. The summed E-state index contributed by atoms with van der Waals surface area (Å²) < 4.78 is 5.73. The number of benzene rings is 1. The van der Waals surface area contributed by atoms with Crippen molar-refractivity contribution in [3.05, 3.63) is 53.9 Å². The van der Waals surface area contributed by atoms with Crippen LogP contribution in [-0.4, -0.2) is 4.98 Å². The van der Waals surface area contributed by atoms with E-state index >= 15 is 0 Å². The van der Waals surface area contributed by atoms with Gasteiger partial charge in [0.15, 0.2) is 0 Å². The van der Waals surface area contributed by atoms with Crippen LogP contribution >= 0.6 is 11.6 Å². The number of pyridine rings is 1. The molecule has 1 heterocycles. The number of rotatable bonds is 3. The van der Waals surface area contributed by atoms with Gasteiger partial charge in [-0.25, -0.2) is 0 Å². The molecule has 0 fully saturated rings. The number of nitrogens with zero attached hydrogens (tertiary/aromatic N) is 1. The van der Waals surface area contributed by atoms with E-state index in [9.17, 15) is 0 Å². The molecule has 0 aliphatic rings. The van der Waals surface area contributed by atoms with E-state index in [0.29, 0.717) is 5.88 Å². The Kier molecular flexibility index (Phi) is 3.42. The van der Waals surface area contributed by atoms with Gasteiger partial charge >= 0.3 is 0 Å². The minimum absolute atomic E-state index is 0.490. The van der Waals surface area contributed by atoms with Gasteiger partial charge in [-0.05, 0) is 36.2 Å². The standard InChI is InChI=1S/C13H12ClNO/c1-10-4-5-11(8-14)7-13(10)16-12-3-2-6-15-9-12/h2-7,9H,8H2,1H3. The minimum atomic E-state index is 0.490. The van der Waals surface area contributed by atoms with Crippen LogP contribution in [-0.2, 0) is 5.88 Å². The van der Waals surface area contributed by atoms with E-state index in [2.05, 4.69) is 4.98 Å². The molecule has 0 amide bonds. The van der Waals surface area contributed by atoms with Gasteiger partial charge in [-0.3, -0.25) is 4.98 Å². The van der Waals surface area contributed by atoms with Crippen LogP contribution in [0.15, 0.2) is 42.7 Å². The molecule has 0 radical (unpaired) electrons. The van der Waals surface area contributed by atoms with Crippen molar-refractivity contribution < 1.29 is 4.74 Å². The van der Waals surface area contributed by atoms with E-state index in [1.54, 1.807) is 12.4 Å². The van der Waals surface area contributed by atoms with Crippen molar-refractivity contribution in [1.29, 1.82) is 0 Å². The van der Waals surface area contributed by atoms with Gasteiger partial charge < -0.3 is 4.74 Å². The van der Waals surface area contributed by atoms with Crippen molar-refractivity contribution in [2.24, 2.45) is 0 Å².